The second-order valence-corrected chi connectivity index (χ2v) is 11.1. The highest BCUT2D eigenvalue weighted by Crippen LogP contribution is 2.26. The van der Waals surface area contributed by atoms with E-state index in [1.165, 1.54) is 4.31 Å². The Hall–Kier alpha value is -2.42. The normalized spacial score (nSPS) is 15.3. The largest absolute Gasteiger partial charge is 0.321 e. The fourth-order valence-electron chi connectivity index (χ4n) is 3.84. The lowest BCUT2D eigenvalue weighted by Crippen LogP contribution is -2.48. The predicted molar refractivity (Wildman–Crippen MR) is 136 cm³/mol. The summed E-state index contributed by atoms with van der Waals surface area (Å²) in [5.41, 5.74) is 3.01. The second-order valence-electron chi connectivity index (χ2n) is 8.27. The molecule has 1 amide bonds. The van der Waals surface area contributed by atoms with Gasteiger partial charge in [-0.05, 0) is 55.0 Å². The minimum atomic E-state index is -3.49. The van der Waals surface area contributed by atoms with Gasteiger partial charge in [-0.25, -0.2) is 8.42 Å². The van der Waals surface area contributed by atoms with E-state index in [1.807, 2.05) is 37.3 Å². The van der Waals surface area contributed by atoms with E-state index < -0.39 is 10.0 Å². The van der Waals surface area contributed by atoms with Crippen molar-refractivity contribution >= 4 is 44.8 Å². The van der Waals surface area contributed by atoms with Crippen LogP contribution in [0.5, 0.6) is 0 Å². The van der Waals surface area contributed by atoms with Crippen LogP contribution in [0.2, 0.25) is 10.0 Å². The Morgan fingerprint density at radius 1 is 0.941 bits per heavy atom. The van der Waals surface area contributed by atoms with Gasteiger partial charge < -0.3 is 5.32 Å². The number of benzene rings is 3. The maximum absolute atomic E-state index is 12.9. The van der Waals surface area contributed by atoms with Crippen LogP contribution in [0, 0.1) is 6.92 Å². The fraction of sp³-hybridized carbons (Fsp3) is 0.240. The quantitative estimate of drug-likeness (QED) is 0.496. The first kappa shape index (κ1) is 24.7. The molecular formula is C25H25Cl2N3O3S. The number of hydrogen-bond acceptors (Lipinski definition) is 4. The number of amides is 1. The molecule has 4 rings (SSSR count). The zero-order valence-electron chi connectivity index (χ0n) is 18.7. The molecule has 6 nitrogen and oxygen atoms in total. The highest BCUT2D eigenvalue weighted by atomic mass is 35.5. The molecule has 0 bridgehead atoms. The lowest BCUT2D eigenvalue weighted by Gasteiger charge is -2.34. The zero-order valence-corrected chi connectivity index (χ0v) is 21.0. The van der Waals surface area contributed by atoms with Crippen LogP contribution >= 0.6 is 23.2 Å². The molecule has 1 heterocycles. The van der Waals surface area contributed by atoms with Crippen LogP contribution < -0.4 is 5.32 Å². The second kappa shape index (κ2) is 10.5. The maximum atomic E-state index is 12.9. The zero-order chi connectivity index (χ0) is 24.3. The molecule has 0 radical (unpaired) electrons. The Balaban J connectivity index is 1.36. The highest BCUT2D eigenvalue weighted by molar-refractivity contribution is 7.89. The summed E-state index contributed by atoms with van der Waals surface area (Å²) in [7, 11) is -3.49. The van der Waals surface area contributed by atoms with Crippen LogP contribution in [-0.4, -0.2) is 49.7 Å². The summed E-state index contributed by atoms with van der Waals surface area (Å²) in [5, 5.41) is 3.68. The molecule has 0 atom stereocenters. The standard InChI is InChI=1S/C25H25Cl2N3O3S/c1-18-5-8-22(9-6-18)34(32,33)30-13-11-29(12-14-30)17-19-3-2-4-20(15-19)25(31)28-24-10-7-21(26)16-23(24)27/h2-10,15-16H,11-14,17H2,1H3,(H,28,31). The Bertz CT molecular complexity index is 1290. The molecule has 1 fully saturated rings. The number of aryl methyl sites for hydroxylation is 1. The number of nitrogens with zero attached hydrogens (tertiary/aromatic N) is 2. The van der Waals surface area contributed by atoms with E-state index in [1.54, 1.807) is 36.4 Å². The maximum Gasteiger partial charge on any atom is 0.255 e. The van der Waals surface area contributed by atoms with Crippen LogP contribution in [0.4, 0.5) is 5.69 Å². The van der Waals surface area contributed by atoms with Crippen molar-refractivity contribution in [1.82, 2.24) is 9.21 Å². The molecule has 0 saturated carbocycles. The van der Waals surface area contributed by atoms with E-state index in [-0.39, 0.29) is 5.91 Å². The van der Waals surface area contributed by atoms with Crippen molar-refractivity contribution < 1.29 is 13.2 Å². The number of nitrogens with one attached hydrogen (secondary N) is 1. The molecular weight excluding hydrogens is 493 g/mol. The van der Waals surface area contributed by atoms with Gasteiger partial charge in [-0.2, -0.15) is 4.31 Å². The summed E-state index contributed by atoms with van der Waals surface area (Å²) in [6.45, 7) is 4.63. The van der Waals surface area contributed by atoms with E-state index in [9.17, 15) is 13.2 Å². The fourth-order valence-corrected chi connectivity index (χ4v) is 5.72. The van der Waals surface area contributed by atoms with Gasteiger partial charge in [0.1, 0.15) is 0 Å². The van der Waals surface area contributed by atoms with Gasteiger partial charge in [0.2, 0.25) is 10.0 Å². The number of anilines is 1. The lowest BCUT2D eigenvalue weighted by molar-refractivity contribution is 0.102. The van der Waals surface area contributed by atoms with E-state index in [0.717, 1.165) is 11.1 Å². The number of halogens is 2. The van der Waals surface area contributed by atoms with Crippen LogP contribution in [0.25, 0.3) is 0 Å². The first-order chi connectivity index (χ1) is 16.2. The number of hydrogen-bond donors (Lipinski definition) is 1. The SMILES string of the molecule is Cc1ccc(S(=O)(=O)N2CCN(Cc3cccc(C(=O)Nc4ccc(Cl)cc4Cl)c3)CC2)cc1. The molecule has 9 heteroatoms. The summed E-state index contributed by atoms with van der Waals surface area (Å²) < 4.78 is 27.4. The van der Waals surface area contributed by atoms with Gasteiger partial charge in [0.05, 0.1) is 15.6 Å². The van der Waals surface area contributed by atoms with E-state index >= 15 is 0 Å². The van der Waals surface area contributed by atoms with Gasteiger partial charge >= 0.3 is 0 Å². The number of piperazine rings is 1. The van der Waals surface area contributed by atoms with Crippen molar-refractivity contribution in [3.63, 3.8) is 0 Å². The third-order valence-electron chi connectivity index (χ3n) is 5.76. The number of rotatable bonds is 6. The molecule has 1 saturated heterocycles. The number of carbonyl (C=O) groups excluding carboxylic acids is 1. The number of carbonyl (C=O) groups is 1. The summed E-state index contributed by atoms with van der Waals surface area (Å²) in [6.07, 6.45) is 0. The van der Waals surface area contributed by atoms with E-state index in [2.05, 4.69) is 10.2 Å². The molecule has 0 aromatic heterocycles. The smallest absolute Gasteiger partial charge is 0.255 e. The average Bonchev–Trinajstić information content (AvgIpc) is 2.82. The average molecular weight is 518 g/mol. The van der Waals surface area contributed by atoms with E-state index in [0.29, 0.717) is 58.9 Å². The molecule has 1 aliphatic heterocycles. The first-order valence-corrected chi connectivity index (χ1v) is 13.1. The van der Waals surface area contributed by atoms with Crippen LogP contribution in [-0.2, 0) is 16.6 Å². The molecule has 0 aliphatic carbocycles. The summed E-state index contributed by atoms with van der Waals surface area (Å²) in [5.74, 6) is -0.264. The molecule has 1 N–H and O–H groups in total. The van der Waals surface area contributed by atoms with Gasteiger partial charge in [-0.1, -0.05) is 53.0 Å². The van der Waals surface area contributed by atoms with Crippen molar-refractivity contribution in [3.8, 4) is 0 Å². The summed E-state index contributed by atoms with van der Waals surface area (Å²) in [4.78, 5) is 15.2. The Labute approximate surface area is 210 Å². The summed E-state index contributed by atoms with van der Waals surface area (Å²) >= 11 is 12.1. The Kier molecular flexibility index (Phi) is 7.60. The molecule has 3 aromatic carbocycles. The Morgan fingerprint density at radius 2 is 1.65 bits per heavy atom. The third kappa shape index (κ3) is 5.79. The molecule has 178 valence electrons. The van der Waals surface area contributed by atoms with Gasteiger partial charge in [0, 0.05) is 43.3 Å². The van der Waals surface area contributed by atoms with Gasteiger partial charge in [0.15, 0.2) is 0 Å². The minimum Gasteiger partial charge on any atom is -0.321 e. The van der Waals surface area contributed by atoms with Gasteiger partial charge in [-0.15, -0.1) is 0 Å². The van der Waals surface area contributed by atoms with Crippen molar-refractivity contribution in [2.45, 2.75) is 18.4 Å². The van der Waals surface area contributed by atoms with Crippen molar-refractivity contribution in [3.05, 3.63) is 93.5 Å². The van der Waals surface area contributed by atoms with Crippen LogP contribution in [0.1, 0.15) is 21.5 Å². The van der Waals surface area contributed by atoms with Crippen molar-refractivity contribution in [2.75, 3.05) is 31.5 Å². The first-order valence-electron chi connectivity index (χ1n) is 10.9. The number of sulfonamides is 1. The Morgan fingerprint density at radius 3 is 2.32 bits per heavy atom. The van der Waals surface area contributed by atoms with Crippen molar-refractivity contribution in [1.29, 1.82) is 0 Å². The molecule has 34 heavy (non-hydrogen) atoms. The van der Waals surface area contributed by atoms with Gasteiger partial charge in [0.25, 0.3) is 5.91 Å². The summed E-state index contributed by atoms with van der Waals surface area (Å²) in [6, 6.07) is 19.2. The van der Waals surface area contributed by atoms with Crippen LogP contribution in [0.15, 0.2) is 71.6 Å². The predicted octanol–water partition coefficient (Wildman–Crippen LogP) is 5.06. The lowest BCUT2D eigenvalue weighted by atomic mass is 10.1. The monoisotopic (exact) mass is 517 g/mol. The minimum absolute atomic E-state index is 0.264. The third-order valence-corrected chi connectivity index (χ3v) is 8.23. The molecule has 0 unspecified atom stereocenters. The van der Waals surface area contributed by atoms with Gasteiger partial charge in [-0.3, -0.25) is 9.69 Å². The topological polar surface area (TPSA) is 69.7 Å². The molecule has 1 aliphatic rings. The van der Waals surface area contributed by atoms with E-state index in [4.69, 9.17) is 23.2 Å². The van der Waals surface area contributed by atoms with Crippen LogP contribution in [0.3, 0.4) is 0 Å². The highest BCUT2D eigenvalue weighted by Gasteiger charge is 2.28. The molecule has 0 spiro atoms. The molecule has 3 aromatic rings. The van der Waals surface area contributed by atoms with Crippen molar-refractivity contribution in [2.24, 2.45) is 0 Å².